The highest BCUT2D eigenvalue weighted by Crippen LogP contribution is 2.40. The van der Waals surface area contributed by atoms with Gasteiger partial charge >= 0.3 is 0 Å². The Hall–Kier alpha value is -1.68. The summed E-state index contributed by atoms with van der Waals surface area (Å²) in [6.45, 7) is 0. The van der Waals surface area contributed by atoms with Gasteiger partial charge in [-0.05, 0) is 40.0 Å². The number of carbonyl (C=O) groups is 1. The maximum Gasteiger partial charge on any atom is 0.252 e. The number of nitrogens with one attached hydrogen (secondary N) is 1. The summed E-state index contributed by atoms with van der Waals surface area (Å²) in [5, 5.41) is 2.95. The van der Waals surface area contributed by atoms with Crippen LogP contribution < -0.4 is 5.32 Å². The molecule has 2 aromatic carbocycles. The van der Waals surface area contributed by atoms with Crippen LogP contribution in [-0.2, 0) is 0 Å². The molecule has 3 rings (SSSR count). The minimum atomic E-state index is -0.423. The van der Waals surface area contributed by atoms with Crippen molar-refractivity contribution in [3.05, 3.63) is 69.9 Å². The van der Waals surface area contributed by atoms with E-state index in [4.69, 9.17) is 0 Å². The minimum absolute atomic E-state index is 0.139. The molecule has 0 bridgehead atoms. The first-order valence-electron chi connectivity index (χ1n) is 6.46. The Labute approximate surface area is 125 Å². The van der Waals surface area contributed by atoms with Gasteiger partial charge in [-0.15, -0.1) is 0 Å². The molecule has 2 nitrogen and oxygen atoms in total. The molecular formula is C16H13BrFNO. The Balaban J connectivity index is 1.68. The van der Waals surface area contributed by atoms with Gasteiger partial charge in [0.15, 0.2) is 0 Å². The van der Waals surface area contributed by atoms with Gasteiger partial charge in [-0.2, -0.15) is 0 Å². The van der Waals surface area contributed by atoms with Gasteiger partial charge in [-0.1, -0.05) is 36.4 Å². The fourth-order valence-electron chi connectivity index (χ4n) is 2.35. The van der Waals surface area contributed by atoms with Crippen molar-refractivity contribution in [3.63, 3.8) is 0 Å². The predicted molar refractivity (Wildman–Crippen MR) is 79.2 cm³/mol. The fraction of sp³-hybridized carbons (Fsp3) is 0.188. The van der Waals surface area contributed by atoms with Crippen molar-refractivity contribution in [1.82, 2.24) is 5.32 Å². The van der Waals surface area contributed by atoms with Gasteiger partial charge in [0.2, 0.25) is 0 Å². The van der Waals surface area contributed by atoms with Crippen molar-refractivity contribution in [2.75, 3.05) is 0 Å². The lowest BCUT2D eigenvalue weighted by Gasteiger charge is -2.07. The Morgan fingerprint density at radius 2 is 1.90 bits per heavy atom. The van der Waals surface area contributed by atoms with Gasteiger partial charge in [-0.3, -0.25) is 4.79 Å². The van der Waals surface area contributed by atoms with Crippen LogP contribution in [0.2, 0.25) is 0 Å². The van der Waals surface area contributed by atoms with Crippen LogP contribution in [0.5, 0.6) is 0 Å². The van der Waals surface area contributed by atoms with Crippen molar-refractivity contribution in [2.45, 2.75) is 18.4 Å². The van der Waals surface area contributed by atoms with E-state index in [-0.39, 0.29) is 16.4 Å². The maximum atomic E-state index is 13.4. The van der Waals surface area contributed by atoms with Gasteiger partial charge in [0.25, 0.3) is 5.91 Å². The first kappa shape index (κ1) is 13.3. The van der Waals surface area contributed by atoms with E-state index in [2.05, 4.69) is 33.4 Å². The monoisotopic (exact) mass is 333 g/mol. The summed E-state index contributed by atoms with van der Waals surface area (Å²) in [5.74, 6) is -0.291. The highest BCUT2D eigenvalue weighted by Gasteiger charge is 2.39. The van der Waals surface area contributed by atoms with E-state index in [9.17, 15) is 9.18 Å². The van der Waals surface area contributed by atoms with Gasteiger partial charge in [-0.25, -0.2) is 4.39 Å². The molecule has 0 aliphatic heterocycles. The highest BCUT2D eigenvalue weighted by molar-refractivity contribution is 9.10. The van der Waals surface area contributed by atoms with Gasteiger partial charge in [0.05, 0.1) is 10.0 Å². The second-order valence-corrected chi connectivity index (χ2v) is 5.73. The highest BCUT2D eigenvalue weighted by atomic mass is 79.9. The summed E-state index contributed by atoms with van der Waals surface area (Å²) >= 11 is 3.12. The quantitative estimate of drug-likeness (QED) is 0.907. The van der Waals surface area contributed by atoms with E-state index < -0.39 is 5.82 Å². The van der Waals surface area contributed by atoms with Crippen LogP contribution in [0.1, 0.15) is 28.3 Å². The van der Waals surface area contributed by atoms with Crippen LogP contribution in [0.4, 0.5) is 4.39 Å². The summed E-state index contributed by atoms with van der Waals surface area (Å²) in [6, 6.07) is 14.7. The predicted octanol–water partition coefficient (Wildman–Crippen LogP) is 3.87. The van der Waals surface area contributed by atoms with E-state index in [1.165, 1.54) is 17.7 Å². The number of hydrogen-bond donors (Lipinski definition) is 1. The molecule has 20 heavy (non-hydrogen) atoms. The van der Waals surface area contributed by atoms with E-state index in [0.29, 0.717) is 11.5 Å². The summed E-state index contributed by atoms with van der Waals surface area (Å²) in [5.41, 5.74) is 1.57. The number of carbonyl (C=O) groups excluding carboxylic acids is 1. The van der Waals surface area contributed by atoms with Crippen LogP contribution in [0.3, 0.4) is 0 Å². The molecule has 1 fully saturated rings. The third-order valence-electron chi connectivity index (χ3n) is 3.53. The number of halogens is 2. The Morgan fingerprint density at radius 1 is 1.15 bits per heavy atom. The van der Waals surface area contributed by atoms with E-state index in [1.807, 2.05) is 18.2 Å². The van der Waals surface area contributed by atoms with Gasteiger partial charge < -0.3 is 5.32 Å². The molecule has 1 saturated carbocycles. The lowest BCUT2D eigenvalue weighted by Crippen LogP contribution is -2.27. The zero-order chi connectivity index (χ0) is 14.1. The fourth-order valence-corrected chi connectivity index (χ4v) is 2.79. The molecule has 1 aliphatic carbocycles. The number of rotatable bonds is 3. The van der Waals surface area contributed by atoms with E-state index in [0.717, 1.165) is 6.42 Å². The van der Waals surface area contributed by atoms with Crippen molar-refractivity contribution in [2.24, 2.45) is 0 Å². The third kappa shape index (κ3) is 2.61. The average Bonchev–Trinajstić information content (AvgIpc) is 3.22. The second-order valence-electron chi connectivity index (χ2n) is 4.93. The Bertz CT molecular complexity index is 644. The molecular weight excluding hydrogens is 321 g/mol. The van der Waals surface area contributed by atoms with Crippen molar-refractivity contribution in [1.29, 1.82) is 0 Å². The molecule has 0 heterocycles. The number of amides is 1. The van der Waals surface area contributed by atoms with Crippen LogP contribution in [0.15, 0.2) is 53.0 Å². The van der Waals surface area contributed by atoms with Crippen molar-refractivity contribution in [3.8, 4) is 0 Å². The molecule has 0 aromatic heterocycles. The molecule has 0 radical (unpaired) electrons. The zero-order valence-corrected chi connectivity index (χ0v) is 12.2. The normalized spacial score (nSPS) is 20.5. The van der Waals surface area contributed by atoms with Crippen LogP contribution in [0.25, 0.3) is 0 Å². The molecule has 1 amide bonds. The molecule has 1 aliphatic rings. The average molecular weight is 334 g/mol. The molecule has 102 valence electrons. The molecule has 2 atom stereocenters. The first-order chi connectivity index (χ1) is 9.66. The summed E-state index contributed by atoms with van der Waals surface area (Å²) in [4.78, 5) is 12.1. The van der Waals surface area contributed by atoms with E-state index >= 15 is 0 Å². The second kappa shape index (κ2) is 5.37. The number of hydrogen-bond acceptors (Lipinski definition) is 1. The lowest BCUT2D eigenvalue weighted by atomic mass is 10.1. The topological polar surface area (TPSA) is 29.1 Å². The minimum Gasteiger partial charge on any atom is -0.349 e. The van der Waals surface area contributed by atoms with Crippen LogP contribution >= 0.6 is 15.9 Å². The van der Waals surface area contributed by atoms with Gasteiger partial charge in [0, 0.05) is 12.0 Å². The number of benzene rings is 2. The smallest absolute Gasteiger partial charge is 0.252 e. The first-order valence-corrected chi connectivity index (χ1v) is 7.26. The largest absolute Gasteiger partial charge is 0.349 e. The SMILES string of the molecule is O=C(NC1CC1c1ccccc1)c1cccc(F)c1Br. The molecule has 2 aromatic rings. The van der Waals surface area contributed by atoms with E-state index in [1.54, 1.807) is 6.07 Å². The Morgan fingerprint density at radius 3 is 2.65 bits per heavy atom. The molecule has 0 spiro atoms. The summed E-state index contributed by atoms with van der Waals surface area (Å²) < 4.78 is 13.6. The zero-order valence-electron chi connectivity index (χ0n) is 10.6. The van der Waals surface area contributed by atoms with Gasteiger partial charge in [0.1, 0.15) is 5.82 Å². The molecule has 0 saturated heterocycles. The standard InChI is InChI=1S/C16H13BrFNO/c17-15-11(7-4-8-13(15)18)16(20)19-14-9-12(14)10-5-2-1-3-6-10/h1-8,12,14H,9H2,(H,19,20). The molecule has 2 unspecified atom stereocenters. The van der Waals surface area contributed by atoms with Crippen molar-refractivity contribution >= 4 is 21.8 Å². The van der Waals surface area contributed by atoms with Crippen LogP contribution in [0, 0.1) is 5.82 Å². The lowest BCUT2D eigenvalue weighted by molar-refractivity contribution is 0.0949. The molecule has 1 N–H and O–H groups in total. The maximum absolute atomic E-state index is 13.4. The summed E-state index contributed by atoms with van der Waals surface area (Å²) in [6.07, 6.45) is 0.933. The Kier molecular flexibility index (Phi) is 3.57. The molecule has 4 heteroatoms. The van der Waals surface area contributed by atoms with Crippen molar-refractivity contribution < 1.29 is 9.18 Å². The summed E-state index contributed by atoms with van der Waals surface area (Å²) in [7, 11) is 0. The third-order valence-corrected chi connectivity index (χ3v) is 4.34. The van der Waals surface area contributed by atoms with Crippen LogP contribution in [-0.4, -0.2) is 11.9 Å².